The lowest BCUT2D eigenvalue weighted by molar-refractivity contribution is -0.134. The summed E-state index contributed by atoms with van der Waals surface area (Å²) in [5.74, 6) is 0.467. The van der Waals surface area contributed by atoms with Crippen LogP contribution in [-0.4, -0.2) is 17.3 Å². The Bertz CT molecular complexity index is 575. The zero-order valence-corrected chi connectivity index (χ0v) is 10.6. The third-order valence-electron chi connectivity index (χ3n) is 2.12. The van der Waals surface area contributed by atoms with Crippen molar-refractivity contribution < 1.29 is 22.4 Å². The van der Waals surface area contributed by atoms with E-state index in [1.807, 2.05) is 0 Å². The molecule has 4 nitrogen and oxygen atoms in total. The van der Waals surface area contributed by atoms with Crippen LogP contribution in [0.2, 0.25) is 0 Å². The van der Waals surface area contributed by atoms with Crippen molar-refractivity contribution in [3.8, 4) is 0 Å². The van der Waals surface area contributed by atoms with E-state index in [4.69, 9.17) is 9.26 Å². The SMILES string of the molecule is COCc1noc(/C=C/c2ccsc2C(F)(F)F)n1. The monoisotopic (exact) mass is 290 g/mol. The molecule has 0 spiro atoms. The van der Waals surface area contributed by atoms with E-state index in [0.717, 1.165) is 0 Å². The second kappa shape index (κ2) is 5.54. The maximum absolute atomic E-state index is 12.6. The standard InChI is InChI=1S/C11H9F3N2O2S/c1-17-6-8-15-9(18-16-8)3-2-7-4-5-19-10(7)11(12,13)14/h2-5H,6H2,1H3/b3-2+. The molecule has 0 amide bonds. The number of thiophene rings is 1. The lowest BCUT2D eigenvalue weighted by Crippen LogP contribution is -2.03. The smallest absolute Gasteiger partial charge is 0.377 e. The minimum Gasteiger partial charge on any atom is -0.377 e. The van der Waals surface area contributed by atoms with E-state index in [-0.39, 0.29) is 18.1 Å². The summed E-state index contributed by atoms with van der Waals surface area (Å²) in [6, 6.07) is 1.39. The molecule has 2 aromatic rings. The van der Waals surface area contributed by atoms with Crippen LogP contribution in [0.1, 0.15) is 22.2 Å². The van der Waals surface area contributed by atoms with Crippen LogP contribution in [-0.2, 0) is 17.5 Å². The highest BCUT2D eigenvalue weighted by Gasteiger charge is 2.34. The van der Waals surface area contributed by atoms with Crippen LogP contribution in [0.4, 0.5) is 13.2 Å². The van der Waals surface area contributed by atoms with Gasteiger partial charge in [-0.25, -0.2) is 0 Å². The van der Waals surface area contributed by atoms with Gasteiger partial charge < -0.3 is 9.26 Å². The number of hydrogen-bond acceptors (Lipinski definition) is 5. The Hall–Kier alpha value is -1.67. The maximum Gasteiger partial charge on any atom is 0.426 e. The van der Waals surface area contributed by atoms with E-state index < -0.39 is 11.1 Å². The summed E-state index contributed by atoms with van der Waals surface area (Å²) in [6.45, 7) is 0.184. The Morgan fingerprint density at radius 2 is 2.21 bits per heavy atom. The van der Waals surface area contributed by atoms with Crippen molar-refractivity contribution in [1.29, 1.82) is 0 Å². The van der Waals surface area contributed by atoms with E-state index in [1.54, 1.807) is 0 Å². The quantitative estimate of drug-likeness (QED) is 0.865. The average molecular weight is 290 g/mol. The van der Waals surface area contributed by atoms with Crippen LogP contribution in [0, 0.1) is 0 Å². The molecule has 0 aliphatic rings. The van der Waals surface area contributed by atoms with Gasteiger partial charge >= 0.3 is 6.18 Å². The molecule has 0 aliphatic carbocycles. The summed E-state index contributed by atoms with van der Waals surface area (Å²) < 4.78 is 47.5. The molecule has 2 heterocycles. The molecule has 0 saturated carbocycles. The van der Waals surface area contributed by atoms with Crippen molar-refractivity contribution in [2.75, 3.05) is 7.11 Å². The van der Waals surface area contributed by atoms with Crippen LogP contribution in [0.25, 0.3) is 12.2 Å². The molecule has 19 heavy (non-hydrogen) atoms. The van der Waals surface area contributed by atoms with Crippen molar-refractivity contribution in [3.05, 3.63) is 33.6 Å². The Balaban J connectivity index is 2.16. The third kappa shape index (κ3) is 3.42. The van der Waals surface area contributed by atoms with Crippen molar-refractivity contribution in [2.45, 2.75) is 12.8 Å². The average Bonchev–Trinajstić information content (AvgIpc) is 2.94. The molecular weight excluding hydrogens is 281 g/mol. The fraction of sp³-hybridized carbons (Fsp3) is 0.273. The van der Waals surface area contributed by atoms with Crippen LogP contribution in [0.5, 0.6) is 0 Å². The second-order valence-electron chi connectivity index (χ2n) is 3.52. The number of nitrogens with zero attached hydrogens (tertiary/aromatic N) is 2. The number of ether oxygens (including phenoxy) is 1. The van der Waals surface area contributed by atoms with E-state index in [0.29, 0.717) is 17.2 Å². The van der Waals surface area contributed by atoms with Crippen LogP contribution in [0.3, 0.4) is 0 Å². The zero-order valence-electron chi connectivity index (χ0n) is 9.77. The van der Waals surface area contributed by atoms with Crippen LogP contribution >= 0.6 is 11.3 Å². The van der Waals surface area contributed by atoms with Gasteiger partial charge in [-0.05, 0) is 23.1 Å². The Morgan fingerprint density at radius 1 is 1.42 bits per heavy atom. The highest BCUT2D eigenvalue weighted by atomic mass is 32.1. The molecule has 2 aromatic heterocycles. The van der Waals surface area contributed by atoms with Gasteiger partial charge in [-0.15, -0.1) is 11.3 Å². The fourth-order valence-electron chi connectivity index (χ4n) is 1.36. The van der Waals surface area contributed by atoms with Crippen molar-refractivity contribution >= 4 is 23.5 Å². The minimum absolute atomic E-state index is 0.0731. The number of methoxy groups -OCH3 is 1. The summed E-state index contributed by atoms with van der Waals surface area (Å²) in [7, 11) is 1.48. The van der Waals surface area contributed by atoms with Gasteiger partial charge in [0.2, 0.25) is 0 Å². The summed E-state index contributed by atoms with van der Waals surface area (Å²) >= 11 is 0.642. The molecule has 2 rings (SSSR count). The summed E-state index contributed by atoms with van der Waals surface area (Å²) in [4.78, 5) is 3.27. The second-order valence-corrected chi connectivity index (χ2v) is 4.43. The fourth-order valence-corrected chi connectivity index (χ4v) is 2.12. The van der Waals surface area contributed by atoms with Gasteiger partial charge in [-0.1, -0.05) is 5.16 Å². The van der Waals surface area contributed by atoms with E-state index >= 15 is 0 Å². The molecule has 102 valence electrons. The predicted octanol–water partition coefficient (Wildman–Crippen LogP) is 3.47. The normalized spacial score (nSPS) is 12.4. The highest BCUT2D eigenvalue weighted by molar-refractivity contribution is 7.10. The lowest BCUT2D eigenvalue weighted by Gasteiger charge is -2.03. The van der Waals surface area contributed by atoms with Gasteiger partial charge in [-0.2, -0.15) is 18.2 Å². The van der Waals surface area contributed by atoms with Crippen LogP contribution < -0.4 is 0 Å². The van der Waals surface area contributed by atoms with Gasteiger partial charge in [0.25, 0.3) is 5.89 Å². The van der Waals surface area contributed by atoms with Gasteiger partial charge in [0, 0.05) is 13.2 Å². The first kappa shape index (κ1) is 13.8. The molecule has 0 fully saturated rings. The highest BCUT2D eigenvalue weighted by Crippen LogP contribution is 2.36. The summed E-state index contributed by atoms with van der Waals surface area (Å²) in [5, 5.41) is 4.98. The first-order valence-electron chi connectivity index (χ1n) is 5.15. The minimum atomic E-state index is -4.36. The molecule has 8 heteroatoms. The Labute approximate surface area is 110 Å². The van der Waals surface area contributed by atoms with E-state index in [9.17, 15) is 13.2 Å². The largest absolute Gasteiger partial charge is 0.426 e. The molecule has 0 unspecified atom stereocenters. The van der Waals surface area contributed by atoms with Gasteiger partial charge in [0.05, 0.1) is 0 Å². The topological polar surface area (TPSA) is 48.2 Å². The molecule has 0 atom stereocenters. The first-order valence-corrected chi connectivity index (χ1v) is 6.03. The summed E-state index contributed by atoms with van der Waals surface area (Å²) in [6.07, 6.45) is -1.73. The van der Waals surface area contributed by atoms with E-state index in [2.05, 4.69) is 10.1 Å². The lowest BCUT2D eigenvalue weighted by atomic mass is 10.2. The number of hydrogen-bond donors (Lipinski definition) is 0. The molecular formula is C11H9F3N2O2S. The number of rotatable bonds is 4. The Morgan fingerprint density at radius 3 is 2.89 bits per heavy atom. The Kier molecular flexibility index (Phi) is 4.01. The van der Waals surface area contributed by atoms with Gasteiger partial charge in [0.15, 0.2) is 5.82 Å². The molecule has 0 N–H and O–H groups in total. The third-order valence-corrected chi connectivity index (χ3v) is 3.09. The zero-order chi connectivity index (χ0) is 13.9. The van der Waals surface area contributed by atoms with Crippen molar-refractivity contribution in [3.63, 3.8) is 0 Å². The number of halogens is 3. The molecule has 0 radical (unpaired) electrons. The molecule has 0 aromatic carbocycles. The van der Waals surface area contributed by atoms with E-state index in [1.165, 1.54) is 30.7 Å². The molecule has 0 aliphatic heterocycles. The maximum atomic E-state index is 12.6. The van der Waals surface area contributed by atoms with Crippen LogP contribution in [0.15, 0.2) is 16.0 Å². The number of alkyl halides is 3. The molecule has 0 saturated heterocycles. The van der Waals surface area contributed by atoms with Crippen molar-refractivity contribution in [1.82, 2.24) is 10.1 Å². The predicted molar refractivity (Wildman–Crippen MR) is 63.3 cm³/mol. The van der Waals surface area contributed by atoms with Crippen molar-refractivity contribution in [2.24, 2.45) is 0 Å². The summed E-state index contributed by atoms with van der Waals surface area (Å²) in [5.41, 5.74) is 0.0731. The molecule has 0 bridgehead atoms. The van der Waals surface area contributed by atoms with Gasteiger partial charge in [-0.3, -0.25) is 0 Å². The number of aromatic nitrogens is 2. The first-order chi connectivity index (χ1) is 9.00. The van der Waals surface area contributed by atoms with Gasteiger partial charge in [0.1, 0.15) is 11.5 Å².